The zero-order valence-electron chi connectivity index (χ0n) is 12.4. The second kappa shape index (κ2) is 7.24. The van der Waals surface area contributed by atoms with Crippen LogP contribution in [0, 0.1) is 0 Å². The summed E-state index contributed by atoms with van der Waals surface area (Å²) in [4.78, 5) is 27.7. The van der Waals surface area contributed by atoms with E-state index in [4.69, 9.17) is 16.3 Å². The molecular weight excluding hydrogens is 304 g/mol. The summed E-state index contributed by atoms with van der Waals surface area (Å²) >= 11 is 5.90. The van der Waals surface area contributed by atoms with E-state index in [2.05, 4.69) is 4.98 Å². The van der Waals surface area contributed by atoms with Gasteiger partial charge in [0, 0.05) is 31.4 Å². The number of aromatic nitrogens is 1. The molecule has 0 fully saturated rings. The number of carbonyl (C=O) groups excluding carboxylic acids is 1. The maximum Gasteiger partial charge on any atom is 0.255 e. The van der Waals surface area contributed by atoms with Crippen molar-refractivity contribution in [3.8, 4) is 0 Å². The van der Waals surface area contributed by atoms with Crippen LogP contribution in [0.25, 0.3) is 0 Å². The molecule has 0 aliphatic carbocycles. The smallest absolute Gasteiger partial charge is 0.255 e. The average Bonchev–Trinajstić information content (AvgIpc) is 2.53. The number of hydrogen-bond acceptors (Lipinski definition) is 3. The van der Waals surface area contributed by atoms with Gasteiger partial charge in [-0.15, -0.1) is 0 Å². The van der Waals surface area contributed by atoms with E-state index in [1.54, 1.807) is 31.2 Å². The lowest BCUT2D eigenvalue weighted by atomic mass is 10.1. The molecule has 2 aromatic rings. The molecule has 2 rings (SSSR count). The largest absolute Gasteiger partial charge is 0.382 e. The fourth-order valence-electron chi connectivity index (χ4n) is 2.16. The third-order valence-corrected chi connectivity index (χ3v) is 3.65. The van der Waals surface area contributed by atoms with Crippen LogP contribution < -0.4 is 5.56 Å². The molecule has 1 atom stereocenters. The molecule has 0 saturated carbocycles. The maximum atomic E-state index is 12.5. The number of halogens is 1. The van der Waals surface area contributed by atoms with Crippen molar-refractivity contribution in [1.29, 1.82) is 0 Å². The SMILES string of the molecule is COC[C@H](c1ccc(Cl)cc1)N(C)C(=O)c1ccc(=O)[nH]c1. The van der Waals surface area contributed by atoms with Gasteiger partial charge >= 0.3 is 0 Å². The number of hydrogen-bond donors (Lipinski definition) is 1. The summed E-state index contributed by atoms with van der Waals surface area (Å²) in [5.41, 5.74) is 1.09. The van der Waals surface area contributed by atoms with Crippen molar-refractivity contribution >= 4 is 17.5 Å². The van der Waals surface area contributed by atoms with Crippen LogP contribution in [0.1, 0.15) is 22.0 Å². The van der Waals surface area contributed by atoms with Gasteiger partial charge in [-0.05, 0) is 23.8 Å². The number of likely N-dealkylation sites (N-methyl/N-ethyl adjacent to an activating group) is 1. The average molecular weight is 321 g/mol. The second-order valence-corrected chi connectivity index (χ2v) is 5.32. The van der Waals surface area contributed by atoms with Gasteiger partial charge in [0.05, 0.1) is 18.2 Å². The van der Waals surface area contributed by atoms with Crippen molar-refractivity contribution in [2.75, 3.05) is 20.8 Å². The molecule has 0 aliphatic rings. The molecule has 0 unspecified atom stereocenters. The fraction of sp³-hybridized carbons (Fsp3) is 0.250. The fourth-order valence-corrected chi connectivity index (χ4v) is 2.29. The quantitative estimate of drug-likeness (QED) is 0.920. The number of carbonyl (C=O) groups is 1. The van der Waals surface area contributed by atoms with E-state index in [0.717, 1.165) is 5.56 Å². The molecule has 1 amide bonds. The van der Waals surface area contributed by atoms with Gasteiger partial charge in [-0.3, -0.25) is 9.59 Å². The lowest BCUT2D eigenvalue weighted by Crippen LogP contribution is -2.34. The topological polar surface area (TPSA) is 62.4 Å². The summed E-state index contributed by atoms with van der Waals surface area (Å²) in [6.07, 6.45) is 1.41. The second-order valence-electron chi connectivity index (χ2n) is 4.88. The molecule has 0 radical (unpaired) electrons. The summed E-state index contributed by atoms with van der Waals surface area (Å²) in [5.74, 6) is -0.201. The number of methoxy groups -OCH3 is 1. The Bertz CT molecular complexity index is 677. The van der Waals surface area contributed by atoms with Gasteiger partial charge in [-0.2, -0.15) is 0 Å². The standard InChI is InChI=1S/C16H17ClN2O3/c1-19(16(21)12-5-8-15(20)18-9-12)14(10-22-2)11-3-6-13(17)7-4-11/h3-9,14H,10H2,1-2H3,(H,18,20)/t14-/m1/s1. The first-order valence-electron chi connectivity index (χ1n) is 6.73. The number of ether oxygens (including phenoxy) is 1. The minimum absolute atomic E-state index is 0.201. The predicted octanol–water partition coefficient (Wildman–Crippen LogP) is 2.49. The molecule has 0 spiro atoms. The first-order valence-corrected chi connectivity index (χ1v) is 7.11. The highest BCUT2D eigenvalue weighted by molar-refractivity contribution is 6.30. The molecule has 116 valence electrons. The van der Waals surface area contributed by atoms with Crippen LogP contribution in [-0.4, -0.2) is 36.6 Å². The molecule has 5 nitrogen and oxygen atoms in total. The lowest BCUT2D eigenvalue weighted by Gasteiger charge is -2.28. The Balaban J connectivity index is 2.27. The number of benzene rings is 1. The summed E-state index contributed by atoms with van der Waals surface area (Å²) < 4.78 is 5.23. The normalized spacial score (nSPS) is 12.0. The van der Waals surface area contributed by atoms with Crippen molar-refractivity contribution in [2.24, 2.45) is 0 Å². The molecular formula is C16H17ClN2O3. The van der Waals surface area contributed by atoms with E-state index in [1.165, 1.54) is 18.3 Å². The van der Waals surface area contributed by atoms with Crippen LogP contribution >= 0.6 is 11.6 Å². The molecule has 0 bridgehead atoms. The Labute approximate surface area is 133 Å². The third kappa shape index (κ3) is 3.75. The molecule has 22 heavy (non-hydrogen) atoms. The van der Waals surface area contributed by atoms with Crippen LogP contribution in [0.15, 0.2) is 47.4 Å². The Hall–Kier alpha value is -2.11. The van der Waals surface area contributed by atoms with Crippen molar-refractivity contribution in [2.45, 2.75) is 6.04 Å². The van der Waals surface area contributed by atoms with Crippen molar-refractivity contribution < 1.29 is 9.53 Å². The first kappa shape index (κ1) is 16.3. The zero-order chi connectivity index (χ0) is 16.1. The summed E-state index contributed by atoms with van der Waals surface area (Å²) in [6, 6.07) is 9.86. The van der Waals surface area contributed by atoms with E-state index in [0.29, 0.717) is 17.2 Å². The monoisotopic (exact) mass is 320 g/mol. The van der Waals surface area contributed by atoms with Gasteiger partial charge in [0.15, 0.2) is 0 Å². The van der Waals surface area contributed by atoms with Gasteiger partial charge in [0.25, 0.3) is 5.91 Å². The lowest BCUT2D eigenvalue weighted by molar-refractivity contribution is 0.0602. The number of nitrogens with one attached hydrogen (secondary N) is 1. The molecule has 1 aromatic carbocycles. The van der Waals surface area contributed by atoms with Gasteiger partial charge in [0.1, 0.15) is 0 Å². The zero-order valence-corrected chi connectivity index (χ0v) is 13.1. The number of nitrogens with zero attached hydrogens (tertiary/aromatic N) is 1. The molecule has 0 saturated heterocycles. The number of pyridine rings is 1. The maximum absolute atomic E-state index is 12.5. The van der Waals surface area contributed by atoms with E-state index in [1.807, 2.05) is 12.1 Å². The van der Waals surface area contributed by atoms with Gasteiger partial charge in [-0.1, -0.05) is 23.7 Å². The Morgan fingerprint density at radius 1 is 1.27 bits per heavy atom. The first-order chi connectivity index (χ1) is 10.5. The molecule has 0 aliphatic heterocycles. The molecule has 1 N–H and O–H groups in total. The Morgan fingerprint density at radius 3 is 2.50 bits per heavy atom. The van der Waals surface area contributed by atoms with Gasteiger partial charge in [-0.25, -0.2) is 0 Å². The number of aromatic amines is 1. The highest BCUT2D eigenvalue weighted by Crippen LogP contribution is 2.23. The minimum atomic E-state index is -0.248. The highest BCUT2D eigenvalue weighted by atomic mass is 35.5. The van der Waals surface area contributed by atoms with E-state index < -0.39 is 0 Å². The Kier molecular flexibility index (Phi) is 5.35. The number of H-pyrrole nitrogens is 1. The summed E-state index contributed by atoms with van der Waals surface area (Å²) in [6.45, 7) is 0.354. The van der Waals surface area contributed by atoms with Crippen LogP contribution in [0.5, 0.6) is 0 Å². The summed E-state index contributed by atoms with van der Waals surface area (Å²) in [7, 11) is 3.28. The van der Waals surface area contributed by atoms with Crippen LogP contribution in [0.2, 0.25) is 5.02 Å². The summed E-state index contributed by atoms with van der Waals surface area (Å²) in [5, 5.41) is 0.634. The van der Waals surface area contributed by atoms with E-state index >= 15 is 0 Å². The van der Waals surface area contributed by atoms with E-state index in [-0.39, 0.29) is 17.5 Å². The number of rotatable bonds is 5. The third-order valence-electron chi connectivity index (χ3n) is 3.40. The predicted molar refractivity (Wildman–Crippen MR) is 85.2 cm³/mol. The van der Waals surface area contributed by atoms with Gasteiger partial charge in [0.2, 0.25) is 5.56 Å². The van der Waals surface area contributed by atoms with Gasteiger partial charge < -0.3 is 14.6 Å². The Morgan fingerprint density at radius 2 is 1.95 bits per heavy atom. The molecule has 1 aromatic heterocycles. The van der Waals surface area contributed by atoms with Crippen LogP contribution in [-0.2, 0) is 4.74 Å². The molecule has 1 heterocycles. The van der Waals surface area contributed by atoms with E-state index in [9.17, 15) is 9.59 Å². The van der Waals surface area contributed by atoms with Crippen LogP contribution in [0.3, 0.4) is 0 Å². The highest BCUT2D eigenvalue weighted by Gasteiger charge is 2.22. The molecule has 6 heteroatoms. The minimum Gasteiger partial charge on any atom is -0.382 e. The van der Waals surface area contributed by atoms with Crippen molar-refractivity contribution in [3.05, 3.63) is 69.1 Å². The van der Waals surface area contributed by atoms with Crippen molar-refractivity contribution in [3.63, 3.8) is 0 Å². The number of amides is 1. The van der Waals surface area contributed by atoms with Crippen molar-refractivity contribution in [1.82, 2.24) is 9.88 Å². The van der Waals surface area contributed by atoms with Crippen LogP contribution in [0.4, 0.5) is 0 Å².